The van der Waals surface area contributed by atoms with Crippen LogP contribution in [-0.4, -0.2) is 36.6 Å². The molecule has 0 heterocycles. The molecule has 0 saturated carbocycles. The summed E-state index contributed by atoms with van der Waals surface area (Å²) in [5.41, 5.74) is -0.354. The summed E-state index contributed by atoms with van der Waals surface area (Å²) in [7, 11) is 1.86. The molecule has 1 N–H and O–H groups in total. The van der Waals surface area contributed by atoms with Crippen LogP contribution in [0.15, 0.2) is 0 Å². The first-order chi connectivity index (χ1) is 8.02. The van der Waals surface area contributed by atoms with E-state index in [0.717, 1.165) is 25.9 Å². The first-order valence-corrected chi connectivity index (χ1v) is 6.87. The Morgan fingerprint density at radius 1 is 1.35 bits per heavy atom. The van der Waals surface area contributed by atoms with Crippen molar-refractivity contribution in [3.63, 3.8) is 0 Å². The van der Waals surface area contributed by atoms with Gasteiger partial charge < -0.3 is 10.2 Å². The van der Waals surface area contributed by atoms with Crippen LogP contribution in [0.5, 0.6) is 0 Å². The minimum absolute atomic E-state index is 0.354. The lowest BCUT2D eigenvalue weighted by Gasteiger charge is -2.27. The van der Waals surface area contributed by atoms with Crippen molar-refractivity contribution in [1.82, 2.24) is 10.2 Å². The van der Waals surface area contributed by atoms with Crippen molar-refractivity contribution in [2.45, 2.75) is 65.0 Å². The molecule has 17 heavy (non-hydrogen) atoms. The lowest BCUT2D eigenvalue weighted by Crippen LogP contribution is -2.38. The Labute approximate surface area is 107 Å². The van der Waals surface area contributed by atoms with E-state index in [2.05, 4.69) is 37.1 Å². The Kier molecular flexibility index (Phi) is 8.20. The molecule has 0 rings (SSSR count). The molecule has 0 aromatic rings. The second-order valence-corrected chi connectivity index (χ2v) is 5.04. The highest BCUT2D eigenvalue weighted by atomic mass is 15.1. The number of rotatable bonds is 9. The van der Waals surface area contributed by atoms with E-state index in [1.807, 2.05) is 14.0 Å². The van der Waals surface area contributed by atoms with Gasteiger partial charge in [0.1, 0.15) is 5.54 Å². The summed E-state index contributed by atoms with van der Waals surface area (Å²) in [5, 5.41) is 12.1. The van der Waals surface area contributed by atoms with Gasteiger partial charge in [-0.2, -0.15) is 5.26 Å². The van der Waals surface area contributed by atoms with Crippen LogP contribution < -0.4 is 5.32 Å². The van der Waals surface area contributed by atoms with Gasteiger partial charge in [0.15, 0.2) is 0 Å². The Bertz CT molecular complexity index is 234. The summed E-state index contributed by atoms with van der Waals surface area (Å²) in [5.74, 6) is 0. The highest BCUT2D eigenvalue weighted by molar-refractivity contribution is 5.02. The Balaban J connectivity index is 3.87. The molecule has 0 radical (unpaired) electrons. The molecular formula is C14H29N3. The Morgan fingerprint density at radius 2 is 2.00 bits per heavy atom. The quantitative estimate of drug-likeness (QED) is 0.629. The van der Waals surface area contributed by atoms with Gasteiger partial charge in [-0.1, -0.05) is 13.8 Å². The van der Waals surface area contributed by atoms with Crippen LogP contribution in [0.2, 0.25) is 0 Å². The van der Waals surface area contributed by atoms with E-state index in [4.69, 9.17) is 5.26 Å². The molecule has 0 spiro atoms. The number of unbranched alkanes of at least 4 members (excludes halogenated alkanes) is 1. The minimum Gasteiger partial charge on any atom is -0.303 e. The van der Waals surface area contributed by atoms with Gasteiger partial charge in [0, 0.05) is 6.04 Å². The van der Waals surface area contributed by atoms with Gasteiger partial charge in [-0.05, 0) is 59.7 Å². The molecule has 0 amide bonds. The normalized spacial score (nSPS) is 16.5. The summed E-state index contributed by atoms with van der Waals surface area (Å²) in [6.07, 6.45) is 4.42. The fourth-order valence-electron chi connectivity index (χ4n) is 1.98. The average Bonchev–Trinajstić information content (AvgIpc) is 2.37. The summed E-state index contributed by atoms with van der Waals surface area (Å²) >= 11 is 0. The molecular weight excluding hydrogens is 210 g/mol. The Morgan fingerprint density at radius 3 is 2.41 bits per heavy atom. The van der Waals surface area contributed by atoms with E-state index in [0.29, 0.717) is 6.04 Å². The zero-order valence-electron chi connectivity index (χ0n) is 12.2. The van der Waals surface area contributed by atoms with Gasteiger partial charge in [0.25, 0.3) is 0 Å². The molecule has 3 nitrogen and oxygen atoms in total. The van der Waals surface area contributed by atoms with Crippen LogP contribution in [0.4, 0.5) is 0 Å². The van der Waals surface area contributed by atoms with Crippen molar-refractivity contribution in [2.75, 3.05) is 20.1 Å². The standard InChI is InChI=1S/C14H29N3/c1-6-13(3)17(7-2)11-9-8-10-14(4,12-15)16-5/h13,16H,6-11H2,1-5H3. The van der Waals surface area contributed by atoms with Crippen LogP contribution in [0.25, 0.3) is 0 Å². The fraction of sp³-hybridized carbons (Fsp3) is 0.929. The van der Waals surface area contributed by atoms with E-state index < -0.39 is 0 Å². The lowest BCUT2D eigenvalue weighted by atomic mass is 9.97. The highest BCUT2D eigenvalue weighted by Gasteiger charge is 2.20. The topological polar surface area (TPSA) is 39.1 Å². The van der Waals surface area contributed by atoms with Crippen molar-refractivity contribution in [3.8, 4) is 6.07 Å². The van der Waals surface area contributed by atoms with Crippen molar-refractivity contribution in [2.24, 2.45) is 0 Å². The van der Waals surface area contributed by atoms with E-state index in [1.54, 1.807) is 0 Å². The average molecular weight is 239 g/mol. The summed E-state index contributed by atoms with van der Waals surface area (Å²) in [6, 6.07) is 3.01. The monoisotopic (exact) mass is 239 g/mol. The van der Waals surface area contributed by atoms with Crippen molar-refractivity contribution < 1.29 is 0 Å². The summed E-state index contributed by atoms with van der Waals surface area (Å²) < 4.78 is 0. The van der Waals surface area contributed by atoms with Crippen LogP contribution in [-0.2, 0) is 0 Å². The predicted molar refractivity (Wildman–Crippen MR) is 73.9 cm³/mol. The van der Waals surface area contributed by atoms with Crippen molar-refractivity contribution in [3.05, 3.63) is 0 Å². The van der Waals surface area contributed by atoms with Crippen LogP contribution in [0.1, 0.15) is 53.4 Å². The molecule has 0 aliphatic rings. The summed E-state index contributed by atoms with van der Waals surface area (Å²) in [6.45, 7) is 11.0. The van der Waals surface area contributed by atoms with Gasteiger partial charge in [0.05, 0.1) is 6.07 Å². The molecule has 0 aromatic carbocycles. The van der Waals surface area contributed by atoms with E-state index in [9.17, 15) is 0 Å². The molecule has 0 saturated heterocycles. The molecule has 2 unspecified atom stereocenters. The van der Waals surface area contributed by atoms with Crippen LogP contribution in [0, 0.1) is 11.3 Å². The number of hydrogen-bond acceptors (Lipinski definition) is 3. The van der Waals surface area contributed by atoms with E-state index >= 15 is 0 Å². The molecule has 0 fully saturated rings. The fourth-order valence-corrected chi connectivity index (χ4v) is 1.98. The largest absolute Gasteiger partial charge is 0.303 e. The molecule has 0 aliphatic carbocycles. The Hall–Kier alpha value is -0.590. The summed E-state index contributed by atoms with van der Waals surface area (Å²) in [4.78, 5) is 2.52. The SMILES string of the molecule is CCC(C)N(CC)CCCCC(C)(C#N)NC. The van der Waals surface area contributed by atoms with Crippen molar-refractivity contribution >= 4 is 0 Å². The third kappa shape index (κ3) is 6.05. The number of nitriles is 1. The zero-order chi connectivity index (χ0) is 13.3. The maximum absolute atomic E-state index is 9.04. The lowest BCUT2D eigenvalue weighted by molar-refractivity contribution is 0.208. The first kappa shape index (κ1) is 16.4. The molecule has 0 aliphatic heterocycles. The number of hydrogen-bond donors (Lipinski definition) is 1. The molecule has 3 heteroatoms. The highest BCUT2D eigenvalue weighted by Crippen LogP contribution is 2.13. The van der Waals surface area contributed by atoms with Crippen LogP contribution >= 0.6 is 0 Å². The number of nitrogens with zero attached hydrogens (tertiary/aromatic N) is 2. The third-order valence-corrected chi connectivity index (χ3v) is 3.79. The second kappa shape index (κ2) is 8.49. The molecule has 0 aromatic heterocycles. The first-order valence-electron chi connectivity index (χ1n) is 6.87. The second-order valence-electron chi connectivity index (χ2n) is 5.04. The van der Waals surface area contributed by atoms with Gasteiger partial charge in [-0.3, -0.25) is 0 Å². The maximum atomic E-state index is 9.04. The van der Waals surface area contributed by atoms with Crippen LogP contribution in [0.3, 0.4) is 0 Å². The maximum Gasteiger partial charge on any atom is 0.103 e. The van der Waals surface area contributed by atoms with Crippen molar-refractivity contribution in [1.29, 1.82) is 5.26 Å². The van der Waals surface area contributed by atoms with Gasteiger partial charge >= 0.3 is 0 Å². The minimum atomic E-state index is -0.354. The third-order valence-electron chi connectivity index (χ3n) is 3.79. The molecule has 100 valence electrons. The van der Waals surface area contributed by atoms with Gasteiger partial charge in [-0.15, -0.1) is 0 Å². The smallest absolute Gasteiger partial charge is 0.103 e. The van der Waals surface area contributed by atoms with E-state index in [1.165, 1.54) is 12.8 Å². The predicted octanol–water partition coefficient (Wildman–Crippen LogP) is 2.78. The molecule has 2 atom stereocenters. The molecule has 0 bridgehead atoms. The zero-order valence-corrected chi connectivity index (χ0v) is 12.2. The van der Waals surface area contributed by atoms with E-state index in [-0.39, 0.29) is 5.54 Å². The van der Waals surface area contributed by atoms with Gasteiger partial charge in [0.2, 0.25) is 0 Å². The number of nitrogens with one attached hydrogen (secondary N) is 1. The van der Waals surface area contributed by atoms with Gasteiger partial charge in [-0.25, -0.2) is 0 Å².